The van der Waals surface area contributed by atoms with Crippen LogP contribution in [0.4, 0.5) is 4.79 Å². The summed E-state index contributed by atoms with van der Waals surface area (Å²) in [6.07, 6.45) is 1.55. The van der Waals surface area contributed by atoms with Crippen LogP contribution in [0, 0.1) is 5.92 Å². The molecule has 6 heteroatoms. The number of hydrogen-bond acceptors (Lipinski definition) is 5. The maximum absolute atomic E-state index is 12.1. The molecule has 2 fully saturated rings. The lowest BCUT2D eigenvalue weighted by Gasteiger charge is -2.39. The molecule has 2 aromatic rings. The molecule has 0 saturated carbocycles. The monoisotopic (exact) mass is 439 g/mol. The van der Waals surface area contributed by atoms with Crippen molar-refractivity contribution in [3.63, 3.8) is 0 Å². The van der Waals surface area contributed by atoms with Crippen LogP contribution < -0.4 is 4.74 Å². The van der Waals surface area contributed by atoms with Gasteiger partial charge in [0, 0.05) is 37.6 Å². The van der Waals surface area contributed by atoms with Crippen LogP contribution in [0.2, 0.25) is 0 Å². The molecular weight excluding hydrogens is 406 g/mol. The molecule has 0 atom stereocenters. The van der Waals surface area contributed by atoms with Gasteiger partial charge in [-0.1, -0.05) is 24.3 Å². The van der Waals surface area contributed by atoms with Crippen molar-refractivity contribution in [2.45, 2.75) is 44.6 Å². The van der Waals surface area contributed by atoms with E-state index in [-0.39, 0.29) is 17.3 Å². The summed E-state index contributed by atoms with van der Waals surface area (Å²) in [7, 11) is 0. The predicted molar refractivity (Wildman–Crippen MR) is 122 cm³/mol. The summed E-state index contributed by atoms with van der Waals surface area (Å²) in [5.41, 5.74) is 1.84. The largest absolute Gasteiger partial charge is 0.508 e. The number of phenols is 1. The number of rotatable bonds is 5. The van der Waals surface area contributed by atoms with Crippen LogP contribution >= 0.6 is 0 Å². The molecule has 2 saturated heterocycles. The van der Waals surface area contributed by atoms with E-state index in [1.807, 2.05) is 45.0 Å². The van der Waals surface area contributed by atoms with E-state index in [0.717, 1.165) is 31.8 Å². The fourth-order valence-corrected chi connectivity index (χ4v) is 4.48. The van der Waals surface area contributed by atoms with Gasteiger partial charge in [-0.15, -0.1) is 0 Å². The molecule has 1 amide bonds. The van der Waals surface area contributed by atoms with Gasteiger partial charge in [0.1, 0.15) is 17.1 Å². The molecule has 0 aromatic heterocycles. The molecule has 2 aromatic carbocycles. The normalized spacial score (nSPS) is 18.7. The molecule has 0 unspecified atom stereocenters. The molecule has 2 aliphatic heterocycles. The summed E-state index contributed by atoms with van der Waals surface area (Å²) in [5.74, 6) is 1.43. The number of aromatic hydroxyl groups is 1. The Kier molecular flexibility index (Phi) is 6.33. The summed E-state index contributed by atoms with van der Waals surface area (Å²) in [5, 5.41) is 9.70. The second-order valence-electron chi connectivity index (χ2n) is 9.83. The first-order chi connectivity index (χ1) is 15.2. The van der Waals surface area contributed by atoms with Crippen LogP contribution in [0.3, 0.4) is 0 Å². The van der Waals surface area contributed by atoms with Gasteiger partial charge in [-0.25, -0.2) is 4.79 Å². The third-order valence-corrected chi connectivity index (χ3v) is 6.27. The Bertz CT molecular complexity index is 905. The molecule has 1 N–H and O–H groups in total. The van der Waals surface area contributed by atoms with Gasteiger partial charge >= 0.3 is 6.09 Å². The van der Waals surface area contributed by atoms with Gasteiger partial charge in [0.2, 0.25) is 0 Å². The SMILES string of the molecule is CC(C)(C)OC(=O)N1CC(COc2ccc(C3(c4ccc(O)cc4)CCOCC3)cc2)C1. The second-order valence-corrected chi connectivity index (χ2v) is 9.83. The van der Waals surface area contributed by atoms with Crippen LogP contribution in [-0.4, -0.2) is 54.6 Å². The number of likely N-dealkylation sites (tertiary alicyclic amines) is 1. The minimum absolute atomic E-state index is 0.119. The summed E-state index contributed by atoms with van der Waals surface area (Å²) in [6, 6.07) is 15.9. The van der Waals surface area contributed by atoms with Crippen molar-refractivity contribution >= 4 is 6.09 Å². The Balaban J connectivity index is 1.36. The first-order valence-corrected chi connectivity index (χ1v) is 11.3. The van der Waals surface area contributed by atoms with Crippen molar-refractivity contribution < 1.29 is 24.1 Å². The van der Waals surface area contributed by atoms with Gasteiger partial charge in [-0.2, -0.15) is 0 Å². The standard InChI is InChI=1S/C26H33NO5/c1-25(2,3)32-24(29)27-16-19(17-27)18-31-23-10-6-21(7-11-23)26(12-14-30-15-13-26)20-4-8-22(28)9-5-20/h4-11,19,28H,12-18H2,1-3H3. The Morgan fingerprint density at radius 2 is 1.59 bits per heavy atom. The lowest BCUT2D eigenvalue weighted by atomic mass is 9.69. The van der Waals surface area contributed by atoms with Crippen molar-refractivity contribution in [3.8, 4) is 11.5 Å². The highest BCUT2D eigenvalue weighted by Crippen LogP contribution is 2.42. The number of amides is 1. The van der Waals surface area contributed by atoms with Crippen LogP contribution in [0.5, 0.6) is 11.5 Å². The molecule has 32 heavy (non-hydrogen) atoms. The highest BCUT2D eigenvalue weighted by Gasteiger charge is 2.37. The Morgan fingerprint density at radius 1 is 1.03 bits per heavy atom. The van der Waals surface area contributed by atoms with E-state index >= 15 is 0 Å². The van der Waals surface area contributed by atoms with Crippen molar-refractivity contribution in [1.29, 1.82) is 0 Å². The molecular formula is C26H33NO5. The van der Waals surface area contributed by atoms with Crippen molar-refractivity contribution in [2.75, 3.05) is 32.9 Å². The Hall–Kier alpha value is -2.73. The fourth-order valence-electron chi connectivity index (χ4n) is 4.48. The van der Waals surface area contributed by atoms with E-state index in [0.29, 0.717) is 25.6 Å². The molecule has 0 radical (unpaired) electrons. The average molecular weight is 440 g/mol. The van der Waals surface area contributed by atoms with Crippen LogP contribution in [0.25, 0.3) is 0 Å². The molecule has 0 aliphatic carbocycles. The van der Waals surface area contributed by atoms with Gasteiger partial charge in [-0.05, 0) is 69.0 Å². The van der Waals surface area contributed by atoms with Crippen LogP contribution in [0.15, 0.2) is 48.5 Å². The van der Waals surface area contributed by atoms with Gasteiger partial charge in [0.15, 0.2) is 0 Å². The lowest BCUT2D eigenvalue weighted by Crippen LogP contribution is -2.53. The van der Waals surface area contributed by atoms with E-state index in [9.17, 15) is 9.90 Å². The fraction of sp³-hybridized carbons (Fsp3) is 0.500. The maximum atomic E-state index is 12.1. The number of nitrogens with zero attached hydrogens (tertiary/aromatic N) is 1. The van der Waals surface area contributed by atoms with Crippen molar-refractivity contribution in [2.24, 2.45) is 5.92 Å². The average Bonchev–Trinajstić information content (AvgIpc) is 2.73. The zero-order chi connectivity index (χ0) is 22.8. The maximum Gasteiger partial charge on any atom is 0.410 e. The first kappa shape index (κ1) is 22.5. The third kappa shape index (κ3) is 5.01. The summed E-state index contributed by atoms with van der Waals surface area (Å²) in [6.45, 7) is 8.97. The van der Waals surface area contributed by atoms with E-state index in [4.69, 9.17) is 14.2 Å². The van der Waals surface area contributed by atoms with Crippen molar-refractivity contribution in [3.05, 3.63) is 59.7 Å². The lowest BCUT2D eigenvalue weighted by molar-refractivity contribution is -0.00781. The van der Waals surface area contributed by atoms with Crippen LogP contribution in [0.1, 0.15) is 44.7 Å². The van der Waals surface area contributed by atoms with Gasteiger partial charge < -0.3 is 24.2 Å². The molecule has 0 bridgehead atoms. The van der Waals surface area contributed by atoms with Gasteiger partial charge in [-0.3, -0.25) is 0 Å². The minimum atomic E-state index is -0.470. The number of hydrogen-bond donors (Lipinski definition) is 1. The molecule has 4 rings (SSSR count). The van der Waals surface area contributed by atoms with E-state index in [2.05, 4.69) is 12.1 Å². The molecule has 0 spiro atoms. The zero-order valence-electron chi connectivity index (χ0n) is 19.2. The number of phenolic OH excluding ortho intramolecular Hbond substituents is 1. The number of carbonyl (C=O) groups excluding carboxylic acids is 1. The van der Waals surface area contributed by atoms with Gasteiger partial charge in [0.05, 0.1) is 6.61 Å². The topological polar surface area (TPSA) is 68.2 Å². The first-order valence-electron chi connectivity index (χ1n) is 11.3. The number of benzene rings is 2. The number of ether oxygens (including phenoxy) is 3. The predicted octanol–water partition coefficient (Wildman–Crippen LogP) is 4.73. The smallest absolute Gasteiger partial charge is 0.410 e. The highest BCUT2D eigenvalue weighted by atomic mass is 16.6. The summed E-state index contributed by atoms with van der Waals surface area (Å²) < 4.78 is 17.0. The Morgan fingerprint density at radius 3 is 2.16 bits per heavy atom. The molecule has 2 heterocycles. The van der Waals surface area contributed by atoms with Gasteiger partial charge in [0.25, 0.3) is 0 Å². The quantitative estimate of drug-likeness (QED) is 0.729. The minimum Gasteiger partial charge on any atom is -0.508 e. The molecule has 2 aliphatic rings. The van der Waals surface area contributed by atoms with E-state index < -0.39 is 5.60 Å². The van der Waals surface area contributed by atoms with E-state index in [1.54, 1.807) is 17.0 Å². The summed E-state index contributed by atoms with van der Waals surface area (Å²) in [4.78, 5) is 13.8. The third-order valence-electron chi connectivity index (χ3n) is 6.27. The van der Waals surface area contributed by atoms with Crippen LogP contribution in [-0.2, 0) is 14.9 Å². The molecule has 6 nitrogen and oxygen atoms in total. The zero-order valence-corrected chi connectivity index (χ0v) is 19.2. The Labute approximate surface area is 190 Å². The highest BCUT2D eigenvalue weighted by molar-refractivity contribution is 5.69. The summed E-state index contributed by atoms with van der Waals surface area (Å²) >= 11 is 0. The second kappa shape index (κ2) is 9.02. The molecule has 172 valence electrons. The number of carbonyl (C=O) groups is 1. The van der Waals surface area contributed by atoms with E-state index in [1.165, 1.54) is 11.1 Å². The van der Waals surface area contributed by atoms with Crippen molar-refractivity contribution in [1.82, 2.24) is 4.90 Å².